The fourth-order valence-electron chi connectivity index (χ4n) is 2.31. The fraction of sp³-hybridized carbons (Fsp3) is 0.571. The molecule has 1 aliphatic rings. The van der Waals surface area contributed by atoms with Crippen molar-refractivity contribution in [2.45, 2.75) is 25.5 Å². The third-order valence-electron chi connectivity index (χ3n) is 3.30. The molecule has 0 aliphatic carbocycles. The summed E-state index contributed by atoms with van der Waals surface area (Å²) in [5.41, 5.74) is 1.94. The first kappa shape index (κ1) is 15.0. The number of benzene rings is 1. The van der Waals surface area contributed by atoms with E-state index in [-0.39, 0.29) is 10.6 Å². The van der Waals surface area contributed by atoms with Crippen LogP contribution in [-0.2, 0) is 0 Å². The Morgan fingerprint density at radius 3 is 2.95 bits per heavy atom. The van der Waals surface area contributed by atoms with Gasteiger partial charge in [-0.2, -0.15) is 11.8 Å². The van der Waals surface area contributed by atoms with E-state index in [0.29, 0.717) is 5.25 Å². The van der Waals surface area contributed by atoms with Gasteiger partial charge in [-0.1, -0.05) is 13.8 Å². The second kappa shape index (κ2) is 6.83. The Bertz CT molecular complexity index is 481. The third kappa shape index (κ3) is 3.79. The Balaban J connectivity index is 2.25. The molecule has 110 valence electrons. The molecule has 0 radical (unpaired) electrons. The van der Waals surface area contributed by atoms with Gasteiger partial charge < -0.3 is 10.2 Å². The predicted molar refractivity (Wildman–Crippen MR) is 86.0 cm³/mol. The Morgan fingerprint density at radius 2 is 2.30 bits per heavy atom. The van der Waals surface area contributed by atoms with Crippen molar-refractivity contribution in [1.82, 2.24) is 0 Å². The molecular weight excluding hydrogens is 274 g/mol. The van der Waals surface area contributed by atoms with Crippen LogP contribution in [0.3, 0.4) is 0 Å². The molecule has 1 atom stereocenters. The number of non-ortho nitro benzene ring substituents is 1. The predicted octanol–water partition coefficient (Wildman–Crippen LogP) is 3.36. The zero-order chi connectivity index (χ0) is 14.5. The van der Waals surface area contributed by atoms with Crippen LogP contribution in [0, 0.1) is 10.1 Å². The number of nitro benzene ring substituents is 1. The Hall–Kier alpha value is -1.43. The molecule has 1 aliphatic heterocycles. The zero-order valence-corrected chi connectivity index (χ0v) is 12.8. The lowest BCUT2D eigenvalue weighted by Gasteiger charge is -2.32. The minimum absolute atomic E-state index is 0.159. The zero-order valence-electron chi connectivity index (χ0n) is 12.0. The molecule has 1 unspecified atom stereocenters. The number of nitro groups is 1. The molecule has 1 heterocycles. The van der Waals surface area contributed by atoms with E-state index in [0.717, 1.165) is 43.2 Å². The molecule has 1 N–H and O–H groups in total. The van der Waals surface area contributed by atoms with Crippen molar-refractivity contribution in [3.8, 4) is 0 Å². The Morgan fingerprint density at radius 1 is 1.50 bits per heavy atom. The van der Waals surface area contributed by atoms with Crippen LogP contribution in [-0.4, -0.2) is 35.6 Å². The first-order chi connectivity index (χ1) is 9.60. The van der Waals surface area contributed by atoms with Gasteiger partial charge in [0.2, 0.25) is 0 Å². The smallest absolute Gasteiger partial charge is 0.273 e. The Labute approximate surface area is 123 Å². The van der Waals surface area contributed by atoms with E-state index in [1.165, 1.54) is 0 Å². The van der Waals surface area contributed by atoms with E-state index in [1.807, 2.05) is 17.8 Å². The molecule has 1 fully saturated rings. The van der Waals surface area contributed by atoms with E-state index in [1.54, 1.807) is 12.1 Å². The molecule has 0 saturated carbocycles. The minimum Gasteiger partial charge on any atom is -0.385 e. The standard InChI is InChI=1S/C14H21N3O2S/c1-3-4-15-12-7-13(9-14(8-12)17(18)19)16-5-6-20-11(2)10-16/h7-9,11,15H,3-6,10H2,1-2H3. The second-order valence-electron chi connectivity index (χ2n) is 5.05. The van der Waals surface area contributed by atoms with E-state index < -0.39 is 0 Å². The summed E-state index contributed by atoms with van der Waals surface area (Å²) in [6.07, 6.45) is 0.995. The largest absolute Gasteiger partial charge is 0.385 e. The van der Waals surface area contributed by atoms with Crippen molar-refractivity contribution in [1.29, 1.82) is 0 Å². The van der Waals surface area contributed by atoms with Gasteiger partial charge in [-0.25, -0.2) is 0 Å². The molecule has 1 aromatic rings. The normalized spacial score (nSPS) is 18.9. The van der Waals surface area contributed by atoms with Crippen molar-refractivity contribution in [2.24, 2.45) is 0 Å². The fourth-order valence-corrected chi connectivity index (χ4v) is 3.32. The molecule has 2 rings (SSSR count). The highest BCUT2D eigenvalue weighted by atomic mass is 32.2. The maximum absolute atomic E-state index is 11.1. The average Bonchev–Trinajstić information content (AvgIpc) is 2.44. The van der Waals surface area contributed by atoms with Crippen LogP contribution in [0.1, 0.15) is 20.3 Å². The van der Waals surface area contributed by atoms with E-state index in [4.69, 9.17) is 0 Å². The monoisotopic (exact) mass is 295 g/mol. The third-order valence-corrected chi connectivity index (χ3v) is 4.44. The highest BCUT2D eigenvalue weighted by molar-refractivity contribution is 8.00. The van der Waals surface area contributed by atoms with Crippen LogP contribution < -0.4 is 10.2 Å². The molecule has 1 saturated heterocycles. The summed E-state index contributed by atoms with van der Waals surface area (Å²) in [6, 6.07) is 5.31. The minimum atomic E-state index is -0.317. The number of thioether (sulfide) groups is 1. The van der Waals surface area contributed by atoms with Crippen LogP contribution in [0.15, 0.2) is 18.2 Å². The summed E-state index contributed by atoms with van der Waals surface area (Å²) in [4.78, 5) is 13.0. The summed E-state index contributed by atoms with van der Waals surface area (Å²) < 4.78 is 0. The number of anilines is 2. The SMILES string of the molecule is CCCNc1cc(N2CCSC(C)C2)cc([N+](=O)[O-])c1. The first-order valence-electron chi connectivity index (χ1n) is 7.00. The summed E-state index contributed by atoms with van der Waals surface area (Å²) in [5.74, 6) is 1.07. The Kier molecular flexibility index (Phi) is 5.11. The van der Waals surface area contributed by atoms with Crippen LogP contribution in [0.5, 0.6) is 0 Å². The van der Waals surface area contributed by atoms with E-state index in [2.05, 4.69) is 24.1 Å². The summed E-state index contributed by atoms with van der Waals surface area (Å²) in [5, 5.41) is 14.9. The molecule has 0 bridgehead atoms. The quantitative estimate of drug-likeness (QED) is 0.667. The van der Waals surface area contributed by atoms with Gasteiger partial charge in [0.1, 0.15) is 0 Å². The number of hydrogen-bond acceptors (Lipinski definition) is 5. The highest BCUT2D eigenvalue weighted by Gasteiger charge is 2.19. The van der Waals surface area contributed by atoms with Crippen molar-refractivity contribution in [3.63, 3.8) is 0 Å². The number of nitrogens with one attached hydrogen (secondary N) is 1. The lowest BCUT2D eigenvalue weighted by molar-refractivity contribution is -0.384. The van der Waals surface area contributed by atoms with Crippen LogP contribution >= 0.6 is 11.8 Å². The molecule has 0 amide bonds. The molecule has 6 heteroatoms. The molecule has 0 aromatic heterocycles. The maximum atomic E-state index is 11.1. The van der Waals surface area contributed by atoms with Gasteiger partial charge in [0.05, 0.1) is 4.92 Å². The van der Waals surface area contributed by atoms with Crippen molar-refractivity contribution < 1.29 is 4.92 Å². The van der Waals surface area contributed by atoms with Crippen LogP contribution in [0.2, 0.25) is 0 Å². The van der Waals surface area contributed by atoms with Crippen molar-refractivity contribution in [2.75, 3.05) is 35.6 Å². The van der Waals surface area contributed by atoms with Gasteiger partial charge in [0.25, 0.3) is 5.69 Å². The summed E-state index contributed by atoms with van der Waals surface area (Å²) in [7, 11) is 0. The van der Waals surface area contributed by atoms with Gasteiger partial charge in [0.15, 0.2) is 0 Å². The molecule has 5 nitrogen and oxygen atoms in total. The van der Waals surface area contributed by atoms with Gasteiger partial charge in [-0.05, 0) is 12.5 Å². The first-order valence-corrected chi connectivity index (χ1v) is 8.05. The topological polar surface area (TPSA) is 58.4 Å². The van der Waals surface area contributed by atoms with Crippen LogP contribution in [0.4, 0.5) is 17.1 Å². The van der Waals surface area contributed by atoms with Crippen LogP contribution in [0.25, 0.3) is 0 Å². The number of hydrogen-bond donors (Lipinski definition) is 1. The average molecular weight is 295 g/mol. The lowest BCUT2D eigenvalue weighted by atomic mass is 10.2. The van der Waals surface area contributed by atoms with E-state index >= 15 is 0 Å². The van der Waals surface area contributed by atoms with Crippen molar-refractivity contribution >= 4 is 28.8 Å². The highest BCUT2D eigenvalue weighted by Crippen LogP contribution is 2.30. The summed E-state index contributed by atoms with van der Waals surface area (Å²) >= 11 is 1.95. The molecule has 20 heavy (non-hydrogen) atoms. The second-order valence-corrected chi connectivity index (χ2v) is 6.60. The van der Waals surface area contributed by atoms with Gasteiger partial charge in [-0.15, -0.1) is 0 Å². The maximum Gasteiger partial charge on any atom is 0.273 e. The van der Waals surface area contributed by atoms with Gasteiger partial charge >= 0.3 is 0 Å². The number of rotatable bonds is 5. The van der Waals surface area contributed by atoms with E-state index in [9.17, 15) is 10.1 Å². The lowest BCUT2D eigenvalue weighted by Crippen LogP contribution is -2.36. The van der Waals surface area contributed by atoms with Gasteiger partial charge in [0, 0.05) is 54.1 Å². The molecular formula is C14H21N3O2S. The molecule has 1 aromatic carbocycles. The van der Waals surface area contributed by atoms with Crippen molar-refractivity contribution in [3.05, 3.63) is 28.3 Å². The summed E-state index contributed by atoms with van der Waals surface area (Å²) in [6.45, 7) is 6.99. The molecule has 0 spiro atoms. The number of nitrogens with zero attached hydrogens (tertiary/aromatic N) is 2. The van der Waals surface area contributed by atoms with Gasteiger partial charge in [-0.3, -0.25) is 10.1 Å².